The van der Waals surface area contributed by atoms with Crippen LogP contribution in [0.25, 0.3) is 0 Å². The number of anilines is 1. The Kier molecular flexibility index (Phi) is 4.78. The number of Topliss-reactive ketones (excluding diaryl/α,β-unsaturated/α-hetero) is 1. The standard InChI is InChI=1S/C16H20N2O5/c1-11(19)12-8-14-15(23-10-22-14)9-13(12)17-16(20)2-3-18-4-6-21-7-5-18/h8-9H,2-7,10H2,1H3,(H,17,20). The number of fused-ring (bicyclic) bond motifs is 1. The van der Waals surface area contributed by atoms with Crippen molar-refractivity contribution in [2.24, 2.45) is 0 Å². The lowest BCUT2D eigenvalue weighted by atomic mass is 10.1. The number of hydrogen-bond acceptors (Lipinski definition) is 6. The van der Waals surface area contributed by atoms with E-state index in [9.17, 15) is 9.59 Å². The van der Waals surface area contributed by atoms with Crippen LogP contribution in [0.15, 0.2) is 12.1 Å². The molecular weight excluding hydrogens is 300 g/mol. The third kappa shape index (κ3) is 3.80. The summed E-state index contributed by atoms with van der Waals surface area (Å²) in [5, 5.41) is 2.81. The van der Waals surface area contributed by atoms with Gasteiger partial charge >= 0.3 is 0 Å². The van der Waals surface area contributed by atoms with Gasteiger partial charge in [0.15, 0.2) is 17.3 Å². The van der Waals surface area contributed by atoms with Crippen molar-refractivity contribution in [1.29, 1.82) is 0 Å². The van der Waals surface area contributed by atoms with Gasteiger partial charge in [0.1, 0.15) is 0 Å². The summed E-state index contributed by atoms with van der Waals surface area (Å²) >= 11 is 0. The largest absolute Gasteiger partial charge is 0.454 e. The Labute approximate surface area is 134 Å². The van der Waals surface area contributed by atoms with E-state index in [-0.39, 0.29) is 18.5 Å². The van der Waals surface area contributed by atoms with Gasteiger partial charge in [0.25, 0.3) is 0 Å². The molecule has 0 spiro atoms. The number of hydrogen-bond donors (Lipinski definition) is 1. The van der Waals surface area contributed by atoms with Crippen molar-refractivity contribution in [2.75, 3.05) is 45.0 Å². The van der Waals surface area contributed by atoms with Crippen molar-refractivity contribution in [3.63, 3.8) is 0 Å². The number of benzene rings is 1. The van der Waals surface area contributed by atoms with Crippen LogP contribution in [0, 0.1) is 0 Å². The fourth-order valence-corrected chi connectivity index (χ4v) is 2.63. The molecule has 1 N–H and O–H groups in total. The smallest absolute Gasteiger partial charge is 0.231 e. The molecule has 0 aromatic heterocycles. The number of carbonyl (C=O) groups excluding carboxylic acids is 2. The van der Waals surface area contributed by atoms with Crippen LogP contribution in [-0.2, 0) is 9.53 Å². The molecular formula is C16H20N2O5. The van der Waals surface area contributed by atoms with Crippen LogP contribution in [-0.4, -0.2) is 56.2 Å². The molecule has 2 aliphatic heterocycles. The van der Waals surface area contributed by atoms with Crippen LogP contribution >= 0.6 is 0 Å². The van der Waals surface area contributed by atoms with Gasteiger partial charge in [0, 0.05) is 37.7 Å². The number of ketones is 1. The highest BCUT2D eigenvalue weighted by Crippen LogP contribution is 2.37. The highest BCUT2D eigenvalue weighted by Gasteiger charge is 2.20. The van der Waals surface area contributed by atoms with Gasteiger partial charge in [0.05, 0.1) is 18.9 Å². The number of rotatable bonds is 5. The molecule has 0 radical (unpaired) electrons. The fraction of sp³-hybridized carbons (Fsp3) is 0.500. The minimum absolute atomic E-state index is 0.126. The first-order valence-corrected chi connectivity index (χ1v) is 7.68. The molecule has 0 unspecified atom stereocenters. The maximum atomic E-state index is 12.2. The first-order valence-electron chi connectivity index (χ1n) is 7.68. The third-order valence-electron chi connectivity index (χ3n) is 3.92. The summed E-state index contributed by atoms with van der Waals surface area (Å²) in [5.74, 6) is 0.810. The van der Waals surface area contributed by atoms with E-state index in [1.807, 2.05) is 0 Å². The van der Waals surface area contributed by atoms with Gasteiger partial charge < -0.3 is 19.5 Å². The molecule has 124 valence electrons. The summed E-state index contributed by atoms with van der Waals surface area (Å²) in [4.78, 5) is 26.1. The summed E-state index contributed by atoms with van der Waals surface area (Å²) in [6, 6.07) is 3.26. The van der Waals surface area contributed by atoms with Gasteiger partial charge in [-0.25, -0.2) is 0 Å². The molecule has 2 heterocycles. The molecule has 0 atom stereocenters. The Morgan fingerprint density at radius 3 is 2.57 bits per heavy atom. The summed E-state index contributed by atoms with van der Waals surface area (Å²) < 4.78 is 15.9. The molecule has 1 saturated heterocycles. The average molecular weight is 320 g/mol. The minimum Gasteiger partial charge on any atom is -0.454 e. The SMILES string of the molecule is CC(=O)c1cc2c(cc1NC(=O)CCN1CCOCC1)OCO2. The lowest BCUT2D eigenvalue weighted by Crippen LogP contribution is -2.38. The van der Waals surface area contributed by atoms with Crippen molar-refractivity contribution in [2.45, 2.75) is 13.3 Å². The monoisotopic (exact) mass is 320 g/mol. The lowest BCUT2D eigenvalue weighted by Gasteiger charge is -2.26. The quantitative estimate of drug-likeness (QED) is 0.824. The number of amides is 1. The molecule has 0 aliphatic carbocycles. The first kappa shape index (κ1) is 15.8. The van der Waals surface area contributed by atoms with E-state index in [1.54, 1.807) is 12.1 Å². The molecule has 23 heavy (non-hydrogen) atoms. The molecule has 7 nitrogen and oxygen atoms in total. The van der Waals surface area contributed by atoms with Gasteiger partial charge in [-0.1, -0.05) is 0 Å². The molecule has 1 amide bonds. The van der Waals surface area contributed by atoms with E-state index in [4.69, 9.17) is 14.2 Å². The van der Waals surface area contributed by atoms with Gasteiger partial charge in [-0.15, -0.1) is 0 Å². The zero-order valence-electron chi connectivity index (χ0n) is 13.1. The van der Waals surface area contributed by atoms with Gasteiger partial charge in [-0.05, 0) is 13.0 Å². The highest BCUT2D eigenvalue weighted by molar-refractivity contribution is 6.04. The molecule has 1 aromatic carbocycles. The molecule has 0 bridgehead atoms. The molecule has 1 aromatic rings. The second kappa shape index (κ2) is 6.97. The van der Waals surface area contributed by atoms with Crippen LogP contribution in [0.4, 0.5) is 5.69 Å². The van der Waals surface area contributed by atoms with Crippen LogP contribution in [0.3, 0.4) is 0 Å². The van der Waals surface area contributed by atoms with Crippen molar-refractivity contribution < 1.29 is 23.8 Å². The summed E-state index contributed by atoms with van der Waals surface area (Å²) in [7, 11) is 0. The van der Waals surface area contributed by atoms with Gasteiger partial charge in [0.2, 0.25) is 12.7 Å². The topological polar surface area (TPSA) is 77.1 Å². The van der Waals surface area contributed by atoms with Crippen LogP contribution in [0.1, 0.15) is 23.7 Å². The third-order valence-corrected chi connectivity index (χ3v) is 3.92. The Hall–Kier alpha value is -2.12. The zero-order valence-corrected chi connectivity index (χ0v) is 13.1. The minimum atomic E-state index is -0.133. The van der Waals surface area contributed by atoms with Crippen LogP contribution in [0.5, 0.6) is 11.5 Å². The van der Waals surface area contributed by atoms with Crippen molar-refractivity contribution in [3.8, 4) is 11.5 Å². The number of nitrogens with one attached hydrogen (secondary N) is 1. The zero-order chi connectivity index (χ0) is 16.2. The Morgan fingerprint density at radius 2 is 1.87 bits per heavy atom. The number of carbonyl (C=O) groups is 2. The maximum absolute atomic E-state index is 12.2. The van der Waals surface area contributed by atoms with Gasteiger partial charge in [-0.3, -0.25) is 14.5 Å². The first-order chi connectivity index (χ1) is 11.1. The summed E-state index contributed by atoms with van der Waals surface area (Å²) in [6.45, 7) is 5.36. The maximum Gasteiger partial charge on any atom is 0.231 e. The van der Waals surface area contributed by atoms with Crippen LogP contribution < -0.4 is 14.8 Å². The Bertz CT molecular complexity index is 611. The van der Waals surface area contributed by atoms with E-state index in [0.717, 1.165) is 13.1 Å². The van der Waals surface area contributed by atoms with E-state index >= 15 is 0 Å². The van der Waals surface area contributed by atoms with E-state index in [1.165, 1.54) is 6.92 Å². The Morgan fingerprint density at radius 1 is 1.17 bits per heavy atom. The van der Waals surface area contributed by atoms with Gasteiger partial charge in [-0.2, -0.15) is 0 Å². The number of morpholine rings is 1. The summed E-state index contributed by atoms with van der Waals surface area (Å²) in [6.07, 6.45) is 0.367. The molecule has 3 rings (SSSR count). The van der Waals surface area contributed by atoms with Crippen molar-refractivity contribution in [1.82, 2.24) is 4.90 Å². The second-order valence-corrected chi connectivity index (χ2v) is 5.56. The van der Waals surface area contributed by atoms with E-state index < -0.39 is 0 Å². The molecule has 0 saturated carbocycles. The fourth-order valence-electron chi connectivity index (χ4n) is 2.63. The Balaban J connectivity index is 1.64. The molecule has 7 heteroatoms. The summed E-state index contributed by atoms with van der Waals surface area (Å²) in [5.41, 5.74) is 0.891. The predicted octanol–water partition coefficient (Wildman–Crippen LogP) is 1.28. The van der Waals surface area contributed by atoms with Crippen molar-refractivity contribution in [3.05, 3.63) is 17.7 Å². The average Bonchev–Trinajstić information content (AvgIpc) is 3.00. The predicted molar refractivity (Wildman–Crippen MR) is 83.1 cm³/mol. The number of ether oxygens (including phenoxy) is 3. The van der Waals surface area contributed by atoms with Crippen molar-refractivity contribution >= 4 is 17.4 Å². The van der Waals surface area contributed by atoms with E-state index in [2.05, 4.69) is 10.2 Å². The second-order valence-electron chi connectivity index (χ2n) is 5.56. The number of nitrogens with zero attached hydrogens (tertiary/aromatic N) is 1. The highest BCUT2D eigenvalue weighted by atomic mass is 16.7. The molecule has 1 fully saturated rings. The molecule has 2 aliphatic rings. The lowest BCUT2D eigenvalue weighted by molar-refractivity contribution is -0.116. The van der Waals surface area contributed by atoms with E-state index in [0.29, 0.717) is 48.9 Å². The normalized spacial score (nSPS) is 17.1. The van der Waals surface area contributed by atoms with Crippen LogP contribution in [0.2, 0.25) is 0 Å².